The van der Waals surface area contributed by atoms with Crippen LogP contribution in [-0.4, -0.2) is 7.11 Å². The van der Waals surface area contributed by atoms with E-state index < -0.39 is 0 Å². The number of benzene rings is 2. The Labute approximate surface area is 107 Å². The van der Waals surface area contributed by atoms with Gasteiger partial charge in [-0.2, -0.15) is 0 Å². The molecule has 0 saturated heterocycles. The van der Waals surface area contributed by atoms with Crippen LogP contribution < -0.4 is 15.2 Å². The predicted molar refractivity (Wildman–Crippen MR) is 72.9 cm³/mol. The Morgan fingerprint density at radius 1 is 1.06 bits per heavy atom. The molecule has 0 aliphatic heterocycles. The molecule has 0 unspecified atom stereocenters. The highest BCUT2D eigenvalue weighted by Crippen LogP contribution is 2.23. The third-order valence-corrected chi connectivity index (χ3v) is 2.77. The Bertz CT molecular complexity index is 538. The highest BCUT2D eigenvalue weighted by molar-refractivity contribution is 5.47. The van der Waals surface area contributed by atoms with Gasteiger partial charge in [-0.3, -0.25) is 0 Å². The number of hydrogen-bond donors (Lipinski definition) is 1. The molecule has 0 aromatic heterocycles. The maximum Gasteiger partial charge on any atom is 0.125 e. The highest BCUT2D eigenvalue weighted by atomic mass is 16.5. The number of nitrogens with two attached hydrogens (primary N) is 1. The van der Waals surface area contributed by atoms with Gasteiger partial charge in [0.15, 0.2) is 0 Å². The van der Waals surface area contributed by atoms with Crippen LogP contribution in [0, 0.1) is 6.92 Å². The van der Waals surface area contributed by atoms with Gasteiger partial charge >= 0.3 is 0 Å². The van der Waals surface area contributed by atoms with Crippen molar-refractivity contribution >= 4 is 5.69 Å². The first-order chi connectivity index (χ1) is 8.70. The second-order valence-electron chi connectivity index (χ2n) is 4.13. The molecule has 94 valence electrons. The number of hydrogen-bond acceptors (Lipinski definition) is 3. The number of para-hydroxylation sites is 1. The van der Waals surface area contributed by atoms with Crippen molar-refractivity contribution in [3.05, 3.63) is 53.6 Å². The molecule has 2 rings (SSSR count). The monoisotopic (exact) mass is 243 g/mol. The molecule has 2 aromatic carbocycles. The first-order valence-corrected chi connectivity index (χ1v) is 5.81. The average Bonchev–Trinajstić information content (AvgIpc) is 2.38. The average molecular weight is 243 g/mol. The smallest absolute Gasteiger partial charge is 0.125 e. The molecule has 0 fully saturated rings. The maximum absolute atomic E-state index is 5.78. The Morgan fingerprint density at radius 2 is 1.83 bits per heavy atom. The molecule has 3 nitrogen and oxygen atoms in total. The van der Waals surface area contributed by atoms with E-state index in [1.54, 1.807) is 7.11 Å². The Balaban J connectivity index is 2.11. The summed E-state index contributed by atoms with van der Waals surface area (Å²) in [5.41, 5.74) is 8.51. The summed E-state index contributed by atoms with van der Waals surface area (Å²) < 4.78 is 11.1. The van der Waals surface area contributed by atoms with Crippen molar-refractivity contribution in [1.29, 1.82) is 0 Å². The van der Waals surface area contributed by atoms with Gasteiger partial charge in [-0.05, 0) is 36.8 Å². The van der Waals surface area contributed by atoms with Crippen LogP contribution in [-0.2, 0) is 6.61 Å². The van der Waals surface area contributed by atoms with Crippen molar-refractivity contribution in [2.75, 3.05) is 12.8 Å². The molecule has 0 aliphatic rings. The van der Waals surface area contributed by atoms with Crippen molar-refractivity contribution < 1.29 is 9.47 Å². The summed E-state index contributed by atoms with van der Waals surface area (Å²) in [7, 11) is 1.66. The fourth-order valence-corrected chi connectivity index (χ4v) is 1.81. The normalized spacial score (nSPS) is 10.1. The van der Waals surface area contributed by atoms with E-state index >= 15 is 0 Å². The number of aryl methyl sites for hydroxylation is 1. The molecule has 2 N–H and O–H groups in total. The van der Waals surface area contributed by atoms with Crippen LogP contribution in [0.15, 0.2) is 42.5 Å². The minimum absolute atomic E-state index is 0.481. The van der Waals surface area contributed by atoms with Gasteiger partial charge in [-0.1, -0.05) is 18.2 Å². The second kappa shape index (κ2) is 5.45. The molecule has 0 bridgehead atoms. The van der Waals surface area contributed by atoms with E-state index in [0.717, 1.165) is 28.3 Å². The number of ether oxygens (including phenoxy) is 2. The van der Waals surface area contributed by atoms with E-state index in [1.807, 2.05) is 49.4 Å². The summed E-state index contributed by atoms with van der Waals surface area (Å²) in [6.07, 6.45) is 0. The molecule has 0 saturated carbocycles. The lowest BCUT2D eigenvalue weighted by Crippen LogP contribution is -2.00. The van der Waals surface area contributed by atoms with Crippen LogP contribution in [0.3, 0.4) is 0 Å². The number of methoxy groups -OCH3 is 1. The Kier molecular flexibility index (Phi) is 3.72. The van der Waals surface area contributed by atoms with Gasteiger partial charge in [0.05, 0.1) is 7.11 Å². The molecule has 0 amide bonds. The van der Waals surface area contributed by atoms with E-state index in [0.29, 0.717) is 6.61 Å². The minimum atomic E-state index is 0.481. The standard InChI is InChI=1S/C15H17NO2/c1-11-9-13(16)7-8-14(11)18-10-12-5-3-4-6-15(12)17-2/h3-9H,10,16H2,1-2H3. The van der Waals surface area contributed by atoms with Gasteiger partial charge in [0.2, 0.25) is 0 Å². The van der Waals surface area contributed by atoms with E-state index in [9.17, 15) is 0 Å². The van der Waals surface area contributed by atoms with Crippen LogP contribution in [0.4, 0.5) is 5.69 Å². The number of nitrogen functional groups attached to an aromatic ring is 1. The lowest BCUT2D eigenvalue weighted by molar-refractivity contribution is 0.295. The third-order valence-electron chi connectivity index (χ3n) is 2.77. The fraction of sp³-hybridized carbons (Fsp3) is 0.200. The zero-order chi connectivity index (χ0) is 13.0. The molecule has 3 heteroatoms. The summed E-state index contributed by atoms with van der Waals surface area (Å²) in [4.78, 5) is 0. The number of rotatable bonds is 4. The molecule has 18 heavy (non-hydrogen) atoms. The van der Waals surface area contributed by atoms with E-state index in [4.69, 9.17) is 15.2 Å². The molecule has 0 spiro atoms. The van der Waals surface area contributed by atoms with Crippen molar-refractivity contribution in [2.45, 2.75) is 13.5 Å². The third kappa shape index (κ3) is 2.74. The SMILES string of the molecule is COc1ccccc1COc1ccc(N)cc1C. The molecular formula is C15H17NO2. The second-order valence-corrected chi connectivity index (χ2v) is 4.13. The molecule has 0 radical (unpaired) electrons. The quantitative estimate of drug-likeness (QED) is 0.839. The van der Waals surface area contributed by atoms with Crippen molar-refractivity contribution in [3.8, 4) is 11.5 Å². The van der Waals surface area contributed by atoms with E-state index in [2.05, 4.69) is 0 Å². The van der Waals surface area contributed by atoms with Gasteiger partial charge in [-0.25, -0.2) is 0 Å². The summed E-state index contributed by atoms with van der Waals surface area (Å²) >= 11 is 0. The van der Waals surface area contributed by atoms with Crippen LogP contribution >= 0.6 is 0 Å². The largest absolute Gasteiger partial charge is 0.496 e. The number of anilines is 1. The van der Waals surface area contributed by atoms with Gasteiger partial charge in [0.25, 0.3) is 0 Å². The Morgan fingerprint density at radius 3 is 2.56 bits per heavy atom. The van der Waals surface area contributed by atoms with E-state index in [-0.39, 0.29) is 0 Å². The topological polar surface area (TPSA) is 44.5 Å². The molecule has 0 aliphatic carbocycles. The summed E-state index contributed by atoms with van der Waals surface area (Å²) in [5, 5.41) is 0. The first-order valence-electron chi connectivity index (χ1n) is 5.81. The minimum Gasteiger partial charge on any atom is -0.496 e. The predicted octanol–water partition coefficient (Wildman–Crippen LogP) is 3.16. The van der Waals surface area contributed by atoms with Crippen molar-refractivity contribution in [3.63, 3.8) is 0 Å². The fourth-order valence-electron chi connectivity index (χ4n) is 1.81. The molecule has 0 heterocycles. The molecule has 0 atom stereocenters. The van der Waals surface area contributed by atoms with Gasteiger partial charge < -0.3 is 15.2 Å². The first kappa shape index (κ1) is 12.3. The lowest BCUT2D eigenvalue weighted by atomic mass is 10.2. The summed E-state index contributed by atoms with van der Waals surface area (Å²) in [6.45, 7) is 2.46. The highest BCUT2D eigenvalue weighted by Gasteiger charge is 2.04. The zero-order valence-electron chi connectivity index (χ0n) is 10.6. The summed E-state index contributed by atoms with van der Waals surface area (Å²) in [5.74, 6) is 1.68. The molecular weight excluding hydrogens is 226 g/mol. The molecule has 2 aromatic rings. The maximum atomic E-state index is 5.78. The van der Waals surface area contributed by atoms with Gasteiger partial charge in [-0.15, -0.1) is 0 Å². The summed E-state index contributed by atoms with van der Waals surface area (Å²) in [6, 6.07) is 13.5. The van der Waals surface area contributed by atoms with Crippen molar-refractivity contribution in [2.24, 2.45) is 0 Å². The van der Waals surface area contributed by atoms with Crippen LogP contribution in [0.1, 0.15) is 11.1 Å². The van der Waals surface area contributed by atoms with Crippen molar-refractivity contribution in [1.82, 2.24) is 0 Å². The zero-order valence-corrected chi connectivity index (χ0v) is 10.6. The van der Waals surface area contributed by atoms with Crippen LogP contribution in [0.2, 0.25) is 0 Å². The van der Waals surface area contributed by atoms with Crippen LogP contribution in [0.5, 0.6) is 11.5 Å². The van der Waals surface area contributed by atoms with Gasteiger partial charge in [0, 0.05) is 11.3 Å². The lowest BCUT2D eigenvalue weighted by Gasteiger charge is -2.12. The van der Waals surface area contributed by atoms with Gasteiger partial charge in [0.1, 0.15) is 18.1 Å². The van der Waals surface area contributed by atoms with E-state index in [1.165, 1.54) is 0 Å². The van der Waals surface area contributed by atoms with Crippen LogP contribution in [0.25, 0.3) is 0 Å². The Hall–Kier alpha value is -2.16.